The molecule has 1 aromatic heterocycles. The van der Waals surface area contributed by atoms with E-state index in [4.69, 9.17) is 0 Å². The number of aryl methyl sites for hydroxylation is 1. The van der Waals surface area contributed by atoms with Crippen LogP contribution in [0, 0.1) is 12.7 Å². The van der Waals surface area contributed by atoms with Crippen molar-refractivity contribution in [1.82, 2.24) is 9.88 Å². The maximum absolute atomic E-state index is 13.5. The molecule has 5 heteroatoms. The molecule has 0 radical (unpaired) electrons. The van der Waals surface area contributed by atoms with Crippen LogP contribution in [0.5, 0.6) is 0 Å². The molecule has 1 N–H and O–H groups in total. The first-order valence-corrected chi connectivity index (χ1v) is 7.67. The fourth-order valence-electron chi connectivity index (χ4n) is 3.08. The third kappa shape index (κ3) is 3.40. The summed E-state index contributed by atoms with van der Waals surface area (Å²) in [4.78, 5) is 18.4. The molecule has 120 valence electrons. The van der Waals surface area contributed by atoms with E-state index < -0.39 is 6.10 Å². The summed E-state index contributed by atoms with van der Waals surface area (Å²) in [6.07, 6.45) is 3.51. The number of carbonyl (C=O) groups excluding carboxylic acids is 1. The molecule has 0 aliphatic carbocycles. The van der Waals surface area contributed by atoms with Gasteiger partial charge in [-0.15, -0.1) is 0 Å². The molecule has 1 aliphatic rings. The molecule has 2 atom stereocenters. The number of benzene rings is 1. The van der Waals surface area contributed by atoms with Crippen LogP contribution in [0.4, 0.5) is 4.39 Å². The number of aliphatic hydroxyl groups excluding tert-OH is 1. The second kappa shape index (κ2) is 6.46. The van der Waals surface area contributed by atoms with Gasteiger partial charge in [-0.05, 0) is 48.2 Å². The predicted molar refractivity (Wildman–Crippen MR) is 84.2 cm³/mol. The molecular weight excluding hydrogens is 295 g/mol. The molecule has 23 heavy (non-hydrogen) atoms. The molecule has 1 aromatic carbocycles. The van der Waals surface area contributed by atoms with Gasteiger partial charge in [0.1, 0.15) is 5.82 Å². The van der Waals surface area contributed by atoms with Crippen LogP contribution in [-0.4, -0.2) is 33.5 Å². The molecule has 2 aromatic rings. The van der Waals surface area contributed by atoms with Crippen molar-refractivity contribution in [3.63, 3.8) is 0 Å². The van der Waals surface area contributed by atoms with E-state index in [1.165, 1.54) is 12.1 Å². The predicted octanol–water partition coefficient (Wildman–Crippen LogP) is 2.41. The van der Waals surface area contributed by atoms with Crippen LogP contribution in [0.2, 0.25) is 0 Å². The molecule has 1 fully saturated rings. The zero-order valence-electron chi connectivity index (χ0n) is 12.9. The van der Waals surface area contributed by atoms with Crippen molar-refractivity contribution in [3.05, 3.63) is 65.2 Å². The molecule has 1 amide bonds. The number of rotatable bonds is 3. The molecule has 0 spiro atoms. The van der Waals surface area contributed by atoms with Crippen molar-refractivity contribution in [3.8, 4) is 0 Å². The number of amides is 1. The Labute approximate surface area is 134 Å². The quantitative estimate of drug-likeness (QED) is 0.946. The highest BCUT2D eigenvalue weighted by Gasteiger charge is 2.35. The summed E-state index contributed by atoms with van der Waals surface area (Å²) in [5.74, 6) is -0.397. The van der Waals surface area contributed by atoms with Crippen LogP contribution in [-0.2, 0) is 11.2 Å². The van der Waals surface area contributed by atoms with E-state index in [0.717, 1.165) is 16.7 Å². The van der Waals surface area contributed by atoms with Gasteiger partial charge in [-0.3, -0.25) is 9.78 Å². The Balaban J connectivity index is 1.82. The third-order valence-electron chi connectivity index (χ3n) is 4.31. The minimum atomic E-state index is -0.578. The van der Waals surface area contributed by atoms with Crippen molar-refractivity contribution in [1.29, 1.82) is 0 Å². The average Bonchev–Trinajstić information content (AvgIpc) is 2.92. The number of β-amino-alcohol motifs (C(OH)–C–C–N with tert-alkyl or cyclic N) is 1. The van der Waals surface area contributed by atoms with Crippen LogP contribution < -0.4 is 0 Å². The highest BCUT2D eigenvalue weighted by molar-refractivity contribution is 5.80. The molecule has 1 saturated heterocycles. The molecule has 0 saturated carbocycles. The minimum Gasteiger partial charge on any atom is -0.391 e. The monoisotopic (exact) mass is 314 g/mol. The molecule has 1 aliphatic heterocycles. The van der Waals surface area contributed by atoms with Gasteiger partial charge in [0, 0.05) is 18.9 Å². The van der Waals surface area contributed by atoms with Gasteiger partial charge in [-0.25, -0.2) is 4.39 Å². The highest BCUT2D eigenvalue weighted by atomic mass is 19.1. The number of hydrogen-bond donors (Lipinski definition) is 1. The number of hydrogen-bond acceptors (Lipinski definition) is 3. The minimum absolute atomic E-state index is 0.0647. The SMILES string of the molecule is Cc1cnccc1CC(=O)N1C[C@@H](O)C[C@H]1c1cccc(F)c1. The van der Waals surface area contributed by atoms with Crippen molar-refractivity contribution in [2.45, 2.75) is 31.9 Å². The number of pyridine rings is 1. The van der Waals surface area contributed by atoms with E-state index in [2.05, 4.69) is 4.98 Å². The number of likely N-dealkylation sites (tertiary alicyclic amines) is 1. The summed E-state index contributed by atoms with van der Waals surface area (Å²) in [7, 11) is 0. The Morgan fingerprint density at radius 1 is 1.43 bits per heavy atom. The van der Waals surface area contributed by atoms with E-state index in [-0.39, 0.29) is 30.7 Å². The Morgan fingerprint density at radius 2 is 2.26 bits per heavy atom. The molecule has 2 heterocycles. The van der Waals surface area contributed by atoms with Crippen LogP contribution in [0.1, 0.15) is 29.2 Å². The second-order valence-electron chi connectivity index (χ2n) is 5.99. The topological polar surface area (TPSA) is 53.4 Å². The van der Waals surface area contributed by atoms with Crippen molar-refractivity contribution >= 4 is 5.91 Å². The zero-order chi connectivity index (χ0) is 16.4. The molecular formula is C18H19FN2O2. The van der Waals surface area contributed by atoms with E-state index in [1.807, 2.05) is 13.0 Å². The van der Waals surface area contributed by atoms with Crippen LogP contribution >= 0.6 is 0 Å². The summed E-state index contributed by atoms with van der Waals surface area (Å²) < 4.78 is 13.5. The molecule has 0 unspecified atom stereocenters. The Bertz CT molecular complexity index is 720. The average molecular weight is 314 g/mol. The molecule has 3 rings (SSSR count). The third-order valence-corrected chi connectivity index (χ3v) is 4.31. The summed E-state index contributed by atoms with van der Waals surface area (Å²) >= 11 is 0. The number of aromatic nitrogens is 1. The summed E-state index contributed by atoms with van der Waals surface area (Å²) in [6, 6.07) is 7.78. The Kier molecular flexibility index (Phi) is 4.39. The zero-order valence-corrected chi connectivity index (χ0v) is 12.9. The van der Waals surface area contributed by atoms with E-state index >= 15 is 0 Å². The number of nitrogens with zero attached hydrogens (tertiary/aromatic N) is 2. The van der Waals surface area contributed by atoms with Gasteiger partial charge in [0.15, 0.2) is 0 Å². The number of halogens is 1. The van der Waals surface area contributed by atoms with E-state index in [0.29, 0.717) is 6.42 Å². The lowest BCUT2D eigenvalue weighted by Crippen LogP contribution is -2.33. The first-order chi connectivity index (χ1) is 11.0. The summed E-state index contributed by atoms with van der Waals surface area (Å²) in [6.45, 7) is 2.20. The maximum atomic E-state index is 13.5. The summed E-state index contributed by atoms with van der Waals surface area (Å²) in [5, 5.41) is 9.97. The second-order valence-corrected chi connectivity index (χ2v) is 5.99. The lowest BCUT2D eigenvalue weighted by atomic mass is 10.0. The Hall–Kier alpha value is -2.27. The van der Waals surface area contributed by atoms with Gasteiger partial charge >= 0.3 is 0 Å². The van der Waals surface area contributed by atoms with Gasteiger partial charge in [0.25, 0.3) is 0 Å². The fraction of sp³-hybridized carbons (Fsp3) is 0.333. The van der Waals surface area contributed by atoms with Crippen LogP contribution in [0.3, 0.4) is 0 Å². The standard InChI is InChI=1S/C18H19FN2O2/c1-12-10-20-6-5-13(12)8-18(23)21-11-16(22)9-17(21)14-3-2-4-15(19)7-14/h2-7,10,16-17,22H,8-9,11H2,1H3/t16-,17-/m0/s1. The number of aliphatic hydroxyl groups is 1. The van der Waals surface area contributed by atoms with E-state index in [1.54, 1.807) is 29.4 Å². The lowest BCUT2D eigenvalue weighted by Gasteiger charge is -2.25. The Morgan fingerprint density at radius 3 is 3.00 bits per heavy atom. The normalized spacial score (nSPS) is 20.7. The molecule has 0 bridgehead atoms. The van der Waals surface area contributed by atoms with Gasteiger partial charge in [0.2, 0.25) is 5.91 Å². The van der Waals surface area contributed by atoms with Crippen molar-refractivity contribution in [2.24, 2.45) is 0 Å². The smallest absolute Gasteiger partial charge is 0.227 e. The van der Waals surface area contributed by atoms with Gasteiger partial charge in [-0.1, -0.05) is 12.1 Å². The highest BCUT2D eigenvalue weighted by Crippen LogP contribution is 2.33. The molecule has 4 nitrogen and oxygen atoms in total. The van der Waals surface area contributed by atoms with Gasteiger partial charge in [0.05, 0.1) is 18.6 Å². The van der Waals surface area contributed by atoms with Crippen molar-refractivity contribution in [2.75, 3.05) is 6.54 Å². The fourth-order valence-corrected chi connectivity index (χ4v) is 3.08. The lowest BCUT2D eigenvalue weighted by molar-refractivity contribution is -0.131. The van der Waals surface area contributed by atoms with Crippen LogP contribution in [0.25, 0.3) is 0 Å². The van der Waals surface area contributed by atoms with Gasteiger partial charge < -0.3 is 10.0 Å². The van der Waals surface area contributed by atoms with E-state index in [9.17, 15) is 14.3 Å². The van der Waals surface area contributed by atoms with Crippen LogP contribution in [0.15, 0.2) is 42.7 Å². The maximum Gasteiger partial charge on any atom is 0.227 e. The first-order valence-electron chi connectivity index (χ1n) is 7.67. The first kappa shape index (κ1) is 15.6. The van der Waals surface area contributed by atoms with Gasteiger partial charge in [-0.2, -0.15) is 0 Å². The van der Waals surface area contributed by atoms with Crippen molar-refractivity contribution < 1.29 is 14.3 Å². The summed E-state index contributed by atoms with van der Waals surface area (Å²) in [5.41, 5.74) is 2.61. The number of carbonyl (C=O) groups is 1. The largest absolute Gasteiger partial charge is 0.391 e.